The van der Waals surface area contributed by atoms with Crippen molar-refractivity contribution < 1.29 is 5.11 Å². The molecule has 4 aliphatic rings. The van der Waals surface area contributed by atoms with Crippen molar-refractivity contribution in [1.82, 2.24) is 20.2 Å². The van der Waals surface area contributed by atoms with Gasteiger partial charge < -0.3 is 5.11 Å². The predicted octanol–water partition coefficient (Wildman–Crippen LogP) is 5.42. The van der Waals surface area contributed by atoms with Gasteiger partial charge in [0, 0.05) is 0 Å². The number of tetrazole rings is 1. The molecule has 0 unspecified atom stereocenters. The first kappa shape index (κ1) is 21.9. The molecule has 4 saturated carbocycles. The van der Waals surface area contributed by atoms with Gasteiger partial charge >= 0.3 is 0 Å². The van der Waals surface area contributed by atoms with Crippen LogP contribution in [0, 0.1) is 53.8 Å². The Balaban J connectivity index is 1.28. The van der Waals surface area contributed by atoms with Gasteiger partial charge in [-0.25, -0.2) is 0 Å². The highest BCUT2D eigenvalue weighted by Crippen LogP contribution is 2.65. The normalized spacial score (nSPS) is 45.6. The molecule has 0 spiro atoms. The maximum Gasteiger partial charge on any atom is 0.171 e. The van der Waals surface area contributed by atoms with E-state index in [2.05, 4.69) is 36.2 Å². The average Bonchev–Trinajstić information content (AvgIpc) is 3.29. The molecule has 1 N–H and O–H groups in total. The van der Waals surface area contributed by atoms with Gasteiger partial charge in [0.15, 0.2) is 5.82 Å². The second-order valence-electron chi connectivity index (χ2n) is 12.2. The fourth-order valence-corrected chi connectivity index (χ4v) is 9.42. The van der Waals surface area contributed by atoms with Gasteiger partial charge in [-0.3, -0.25) is 0 Å². The van der Waals surface area contributed by atoms with E-state index in [0.29, 0.717) is 11.3 Å². The molecular weight excluding hydrogens is 384 g/mol. The van der Waals surface area contributed by atoms with Crippen molar-refractivity contribution in [3.05, 3.63) is 5.82 Å². The fraction of sp³-hybridized carbons (Fsp3) is 0.962. The third-order valence-electron chi connectivity index (χ3n) is 10.6. The van der Waals surface area contributed by atoms with Gasteiger partial charge in [0.05, 0.1) is 12.1 Å². The smallest absolute Gasteiger partial charge is 0.171 e. The highest BCUT2D eigenvalue weighted by atomic mass is 16.3. The number of hydrogen-bond donors (Lipinski definition) is 1. The lowest BCUT2D eigenvalue weighted by Crippen LogP contribution is -2.51. The topological polar surface area (TPSA) is 63.8 Å². The Hall–Kier alpha value is -0.970. The summed E-state index contributed by atoms with van der Waals surface area (Å²) in [5.74, 6) is 6.60. The molecule has 9 atom stereocenters. The molecular formula is C26H44N4O. The van der Waals surface area contributed by atoms with E-state index < -0.39 is 0 Å². The zero-order chi connectivity index (χ0) is 21.8. The van der Waals surface area contributed by atoms with Crippen molar-refractivity contribution in [2.75, 3.05) is 0 Å². The van der Waals surface area contributed by atoms with E-state index in [1.807, 2.05) is 11.7 Å². The highest BCUT2D eigenvalue weighted by molar-refractivity contribution is 5.07. The maximum absolute atomic E-state index is 11.1. The molecule has 5 heteroatoms. The van der Waals surface area contributed by atoms with Gasteiger partial charge in [0.1, 0.15) is 0 Å². The lowest BCUT2D eigenvalue weighted by molar-refractivity contribution is -0.110. The second-order valence-corrected chi connectivity index (χ2v) is 12.2. The van der Waals surface area contributed by atoms with Gasteiger partial charge in [0.25, 0.3) is 0 Å². The Kier molecular flexibility index (Phi) is 5.72. The van der Waals surface area contributed by atoms with Gasteiger partial charge in [-0.1, -0.05) is 27.2 Å². The molecule has 1 heterocycles. The molecule has 0 aromatic carbocycles. The number of nitrogens with zero attached hydrogens (tertiary/aromatic N) is 4. The zero-order valence-electron chi connectivity index (χ0n) is 20.3. The maximum atomic E-state index is 11.1. The van der Waals surface area contributed by atoms with Crippen LogP contribution in [0.4, 0.5) is 0 Å². The van der Waals surface area contributed by atoms with E-state index in [9.17, 15) is 5.11 Å². The molecule has 4 aliphatic carbocycles. The molecule has 0 aliphatic heterocycles. The van der Waals surface area contributed by atoms with E-state index in [4.69, 9.17) is 0 Å². The first-order chi connectivity index (χ1) is 14.8. The van der Waals surface area contributed by atoms with Crippen molar-refractivity contribution in [3.8, 4) is 0 Å². The fourth-order valence-electron chi connectivity index (χ4n) is 9.42. The largest absolute Gasteiger partial charge is 0.390 e. The summed E-state index contributed by atoms with van der Waals surface area (Å²) in [6, 6.07) is 0. The van der Waals surface area contributed by atoms with Gasteiger partial charge in [-0.2, -0.15) is 4.80 Å². The molecule has 5 nitrogen and oxygen atoms in total. The van der Waals surface area contributed by atoms with Crippen LogP contribution >= 0.6 is 0 Å². The minimum atomic E-state index is -0.354. The standard InChI is InChI=1S/C26H44N4O/c1-5-12-26(31)14-11-20-19(15-26)6-7-22-21(20)10-13-25(4)23(8-9-24(22)25)17(2)16-30-28-18(3)27-29-30/h17,19-24,31H,5-16H2,1-4H3/t17-,19-,20+,21-,22-,23-,24+,25-,26-/m1/s1. The third-order valence-corrected chi connectivity index (χ3v) is 10.6. The SMILES string of the molecule is CCC[C@@]1(O)CC[C@H]2[C@H](CC[C@@H]3[C@@H]2CC[C@]2(C)[C@@H]([C@H](C)Cn4nnc(C)n4)CC[C@@H]32)C1. The van der Waals surface area contributed by atoms with E-state index in [1.165, 1.54) is 44.9 Å². The summed E-state index contributed by atoms with van der Waals surface area (Å²) >= 11 is 0. The first-order valence-corrected chi connectivity index (χ1v) is 13.3. The predicted molar refractivity (Wildman–Crippen MR) is 122 cm³/mol. The summed E-state index contributed by atoms with van der Waals surface area (Å²) in [6.45, 7) is 10.1. The van der Waals surface area contributed by atoms with Crippen LogP contribution in [0.15, 0.2) is 0 Å². The van der Waals surface area contributed by atoms with Crippen molar-refractivity contribution in [3.63, 3.8) is 0 Å². The Labute approximate surface area is 188 Å². The van der Waals surface area contributed by atoms with Crippen LogP contribution in [0.25, 0.3) is 0 Å². The van der Waals surface area contributed by atoms with E-state index in [-0.39, 0.29) is 5.60 Å². The Morgan fingerprint density at radius 1 is 1.06 bits per heavy atom. The van der Waals surface area contributed by atoms with Gasteiger partial charge in [-0.05, 0) is 123 Å². The van der Waals surface area contributed by atoms with Gasteiger partial charge in [0.2, 0.25) is 0 Å². The minimum Gasteiger partial charge on any atom is -0.390 e. The molecule has 0 amide bonds. The summed E-state index contributed by atoms with van der Waals surface area (Å²) in [6.07, 6.45) is 14.0. The Bertz CT molecular complexity index is 779. The van der Waals surface area contributed by atoms with Crippen molar-refractivity contribution in [1.29, 1.82) is 0 Å². The van der Waals surface area contributed by atoms with Crippen LogP contribution < -0.4 is 0 Å². The number of aliphatic hydroxyl groups is 1. The summed E-state index contributed by atoms with van der Waals surface area (Å²) in [5.41, 5.74) is 0.133. The average molecular weight is 429 g/mol. The van der Waals surface area contributed by atoms with Crippen LogP contribution in [-0.4, -0.2) is 30.9 Å². The minimum absolute atomic E-state index is 0.354. The number of fused-ring (bicyclic) bond motifs is 5. The highest BCUT2D eigenvalue weighted by Gasteiger charge is 2.58. The summed E-state index contributed by atoms with van der Waals surface area (Å²) in [5, 5.41) is 23.9. The first-order valence-electron chi connectivity index (χ1n) is 13.3. The molecule has 1 aromatic heterocycles. The molecule has 0 saturated heterocycles. The lowest BCUT2D eigenvalue weighted by atomic mass is 9.48. The Morgan fingerprint density at radius 3 is 2.61 bits per heavy atom. The molecule has 31 heavy (non-hydrogen) atoms. The number of rotatable bonds is 5. The zero-order valence-corrected chi connectivity index (χ0v) is 20.3. The summed E-state index contributed by atoms with van der Waals surface area (Å²) in [4.78, 5) is 1.83. The Morgan fingerprint density at radius 2 is 1.87 bits per heavy atom. The summed E-state index contributed by atoms with van der Waals surface area (Å²) < 4.78 is 0. The van der Waals surface area contributed by atoms with Crippen molar-refractivity contribution in [2.45, 2.75) is 110 Å². The molecule has 1 aromatic rings. The molecule has 4 fully saturated rings. The molecule has 0 bridgehead atoms. The van der Waals surface area contributed by atoms with Crippen LogP contribution in [-0.2, 0) is 6.54 Å². The van der Waals surface area contributed by atoms with Crippen molar-refractivity contribution in [2.24, 2.45) is 46.8 Å². The van der Waals surface area contributed by atoms with Crippen LogP contribution in [0.2, 0.25) is 0 Å². The molecule has 174 valence electrons. The monoisotopic (exact) mass is 428 g/mol. The van der Waals surface area contributed by atoms with Crippen LogP contribution in [0.1, 0.15) is 97.2 Å². The quantitative estimate of drug-likeness (QED) is 0.680. The van der Waals surface area contributed by atoms with E-state index in [1.54, 1.807) is 0 Å². The van der Waals surface area contributed by atoms with Gasteiger partial charge in [-0.15, -0.1) is 10.2 Å². The van der Waals surface area contributed by atoms with Crippen molar-refractivity contribution >= 4 is 0 Å². The second kappa shape index (κ2) is 8.11. The number of aryl methyl sites for hydroxylation is 1. The molecule has 5 rings (SSSR count). The third kappa shape index (κ3) is 3.77. The number of aromatic nitrogens is 4. The van der Waals surface area contributed by atoms with Crippen LogP contribution in [0.5, 0.6) is 0 Å². The van der Waals surface area contributed by atoms with Crippen LogP contribution in [0.3, 0.4) is 0 Å². The van der Waals surface area contributed by atoms with E-state index in [0.717, 1.165) is 73.6 Å². The summed E-state index contributed by atoms with van der Waals surface area (Å²) in [7, 11) is 0. The number of hydrogen-bond acceptors (Lipinski definition) is 4. The van der Waals surface area contributed by atoms with E-state index >= 15 is 0 Å². The lowest BCUT2D eigenvalue weighted by Gasteiger charge is -2.57. The molecule has 0 radical (unpaired) electrons.